The van der Waals surface area contributed by atoms with Crippen LogP contribution in [0.15, 0.2) is 120 Å². The lowest BCUT2D eigenvalue weighted by molar-refractivity contribution is -0.126. The van der Waals surface area contributed by atoms with Gasteiger partial charge < -0.3 is 10.1 Å². The number of nitrogens with zero attached hydrogens (tertiary/aromatic N) is 3. The molecule has 1 saturated heterocycles. The zero-order chi connectivity index (χ0) is 27.5. The Morgan fingerprint density at radius 2 is 1.65 bits per heavy atom. The van der Waals surface area contributed by atoms with E-state index in [9.17, 15) is 4.79 Å². The number of halogens is 1. The number of para-hydroxylation sites is 1. The summed E-state index contributed by atoms with van der Waals surface area (Å²) in [4.78, 5) is 18.1. The van der Waals surface area contributed by atoms with E-state index < -0.39 is 6.17 Å². The number of ether oxygens (including phenoxy) is 1. The number of carbonyl (C=O) groups is 1. The Morgan fingerprint density at radius 1 is 0.900 bits per heavy atom. The first-order valence-electron chi connectivity index (χ1n) is 12.8. The van der Waals surface area contributed by atoms with Gasteiger partial charge in [-0.15, -0.1) is 0 Å². The highest BCUT2D eigenvalue weighted by Gasteiger charge is 2.36. The molecule has 196 valence electrons. The molecule has 0 radical (unpaired) electrons. The molecule has 1 unspecified atom stereocenters. The zero-order valence-electron chi connectivity index (χ0n) is 21.7. The Hall–Kier alpha value is -4.94. The number of carbonyl (C=O) groups excluding carboxylic acids is 1. The van der Waals surface area contributed by atoms with E-state index in [2.05, 4.69) is 15.4 Å². The Morgan fingerprint density at radius 3 is 2.45 bits per heavy atom. The minimum absolute atomic E-state index is 0.264. The van der Waals surface area contributed by atoms with Crippen LogP contribution in [-0.4, -0.2) is 22.1 Å². The van der Waals surface area contributed by atoms with Crippen LogP contribution in [0.25, 0.3) is 17.0 Å². The van der Waals surface area contributed by atoms with Crippen molar-refractivity contribution in [3.8, 4) is 11.5 Å². The van der Waals surface area contributed by atoms with Gasteiger partial charge in [0.05, 0.1) is 11.7 Å². The van der Waals surface area contributed by atoms with Crippen LogP contribution in [0.5, 0.6) is 11.5 Å². The van der Waals surface area contributed by atoms with E-state index in [-0.39, 0.29) is 5.91 Å². The summed E-state index contributed by atoms with van der Waals surface area (Å²) in [7, 11) is 0. The molecule has 7 heteroatoms. The van der Waals surface area contributed by atoms with Crippen molar-refractivity contribution >= 4 is 40.7 Å². The minimum atomic E-state index is -0.491. The SMILES string of the molecule is Cc1ccc2nc(Cl)c(C=NN3C(=O)C(=Cc4cccc(Oc5ccccc5)c4)NC3c3ccccc3)cc2c1. The predicted octanol–water partition coefficient (Wildman–Crippen LogP) is 7.49. The number of hydrogen-bond donors (Lipinski definition) is 1. The first-order valence-corrected chi connectivity index (χ1v) is 13.2. The third kappa shape index (κ3) is 5.44. The molecule has 0 saturated carbocycles. The molecule has 0 spiro atoms. The lowest BCUT2D eigenvalue weighted by atomic mass is 10.1. The fourth-order valence-corrected chi connectivity index (χ4v) is 4.75. The van der Waals surface area contributed by atoms with Gasteiger partial charge in [0, 0.05) is 10.9 Å². The summed E-state index contributed by atoms with van der Waals surface area (Å²) in [5, 5.41) is 10.6. The van der Waals surface area contributed by atoms with Crippen LogP contribution in [-0.2, 0) is 4.79 Å². The summed E-state index contributed by atoms with van der Waals surface area (Å²) < 4.78 is 5.97. The summed E-state index contributed by atoms with van der Waals surface area (Å²) >= 11 is 6.48. The van der Waals surface area contributed by atoms with Crippen LogP contribution in [0.3, 0.4) is 0 Å². The summed E-state index contributed by atoms with van der Waals surface area (Å²) in [6.45, 7) is 2.03. The van der Waals surface area contributed by atoms with E-state index in [0.717, 1.165) is 33.3 Å². The molecule has 6 nitrogen and oxygen atoms in total. The van der Waals surface area contributed by atoms with Crippen molar-refractivity contribution in [2.24, 2.45) is 5.10 Å². The maximum Gasteiger partial charge on any atom is 0.292 e. The molecule has 6 rings (SSSR count). The molecule has 40 heavy (non-hydrogen) atoms. The van der Waals surface area contributed by atoms with Gasteiger partial charge in [-0.1, -0.05) is 83.9 Å². The van der Waals surface area contributed by atoms with Gasteiger partial charge in [0.25, 0.3) is 5.91 Å². The minimum Gasteiger partial charge on any atom is -0.457 e. The molecule has 0 bridgehead atoms. The monoisotopic (exact) mass is 544 g/mol. The smallest absolute Gasteiger partial charge is 0.292 e. The van der Waals surface area contributed by atoms with Gasteiger partial charge >= 0.3 is 0 Å². The maximum atomic E-state index is 13.6. The van der Waals surface area contributed by atoms with Gasteiger partial charge in [-0.3, -0.25) is 4.79 Å². The normalized spacial score (nSPS) is 16.1. The number of hydrogen-bond acceptors (Lipinski definition) is 5. The van der Waals surface area contributed by atoms with Crippen molar-refractivity contribution in [2.75, 3.05) is 0 Å². The van der Waals surface area contributed by atoms with Crippen molar-refractivity contribution < 1.29 is 9.53 Å². The molecular weight excluding hydrogens is 520 g/mol. The van der Waals surface area contributed by atoms with Crippen LogP contribution < -0.4 is 10.1 Å². The molecule has 1 atom stereocenters. The molecular formula is C33H25ClN4O2. The quantitative estimate of drug-likeness (QED) is 0.137. The average Bonchev–Trinajstić information content (AvgIpc) is 3.28. The summed E-state index contributed by atoms with van der Waals surface area (Å²) in [5.74, 6) is 1.15. The van der Waals surface area contributed by atoms with Crippen molar-refractivity contribution in [1.82, 2.24) is 15.3 Å². The highest BCUT2D eigenvalue weighted by molar-refractivity contribution is 6.32. The number of nitrogens with one attached hydrogen (secondary N) is 1. The standard InChI is InChI=1S/C33H25ClN4O2/c1-22-15-16-29-25(17-22)20-26(31(34)36-29)21-35-38-32(24-10-4-2-5-11-24)37-30(33(38)39)19-23-9-8-14-28(18-23)40-27-12-6-3-7-13-27/h2-21,32,37H,1H3. The number of fused-ring (bicyclic) bond motifs is 1. The lowest BCUT2D eigenvalue weighted by Gasteiger charge is -2.19. The molecule has 0 aliphatic carbocycles. The summed E-state index contributed by atoms with van der Waals surface area (Å²) in [5.41, 5.74) is 4.69. The molecule has 1 amide bonds. The Labute approximate surface area is 237 Å². The van der Waals surface area contributed by atoms with Crippen LogP contribution in [0, 0.1) is 6.92 Å². The van der Waals surface area contributed by atoms with E-state index >= 15 is 0 Å². The fraction of sp³-hybridized carbons (Fsp3) is 0.0606. The first kappa shape index (κ1) is 25.3. The molecule has 5 aromatic rings. The number of benzene rings is 4. The number of rotatable bonds is 6. The van der Waals surface area contributed by atoms with E-state index in [0.29, 0.717) is 22.2 Å². The molecule has 1 aliphatic heterocycles. The van der Waals surface area contributed by atoms with Crippen molar-refractivity contribution in [2.45, 2.75) is 13.1 Å². The number of amides is 1. The van der Waals surface area contributed by atoms with E-state index in [1.807, 2.05) is 116 Å². The maximum absolute atomic E-state index is 13.6. The third-order valence-corrected chi connectivity index (χ3v) is 6.81. The predicted molar refractivity (Wildman–Crippen MR) is 159 cm³/mol. The molecule has 1 aliphatic rings. The van der Waals surface area contributed by atoms with E-state index in [4.69, 9.17) is 16.3 Å². The van der Waals surface area contributed by atoms with Crippen LogP contribution in [0.1, 0.15) is 28.4 Å². The van der Waals surface area contributed by atoms with Gasteiger partial charge in [-0.2, -0.15) is 5.10 Å². The van der Waals surface area contributed by atoms with Gasteiger partial charge in [0.2, 0.25) is 0 Å². The fourth-order valence-electron chi connectivity index (χ4n) is 4.56. The van der Waals surface area contributed by atoms with Crippen molar-refractivity contribution in [1.29, 1.82) is 0 Å². The molecule has 4 aromatic carbocycles. The van der Waals surface area contributed by atoms with E-state index in [1.54, 1.807) is 12.3 Å². The second-order valence-electron chi connectivity index (χ2n) is 9.46. The third-order valence-electron chi connectivity index (χ3n) is 6.51. The van der Waals surface area contributed by atoms with Gasteiger partial charge in [-0.25, -0.2) is 9.99 Å². The van der Waals surface area contributed by atoms with Gasteiger partial charge in [0.1, 0.15) is 22.3 Å². The number of pyridine rings is 1. The Bertz CT molecular complexity index is 1750. The van der Waals surface area contributed by atoms with Crippen molar-refractivity contribution in [3.05, 3.63) is 142 Å². The zero-order valence-corrected chi connectivity index (χ0v) is 22.4. The Kier molecular flexibility index (Phi) is 7.00. The first-order chi connectivity index (χ1) is 19.5. The van der Waals surface area contributed by atoms with Gasteiger partial charge in [0.15, 0.2) is 6.17 Å². The van der Waals surface area contributed by atoms with E-state index in [1.165, 1.54) is 5.01 Å². The molecule has 2 heterocycles. The lowest BCUT2D eigenvalue weighted by Crippen LogP contribution is -2.25. The summed E-state index contributed by atoms with van der Waals surface area (Å²) in [6.07, 6.45) is 2.90. The highest BCUT2D eigenvalue weighted by Crippen LogP contribution is 2.30. The van der Waals surface area contributed by atoms with Crippen molar-refractivity contribution in [3.63, 3.8) is 0 Å². The number of hydrazone groups is 1. The van der Waals surface area contributed by atoms with Gasteiger partial charge in [-0.05, 0) is 66.6 Å². The average molecular weight is 545 g/mol. The van der Waals surface area contributed by atoms with Crippen LogP contribution in [0.4, 0.5) is 0 Å². The topological polar surface area (TPSA) is 66.8 Å². The second kappa shape index (κ2) is 11.0. The summed E-state index contributed by atoms with van der Waals surface area (Å²) in [6, 6.07) is 34.8. The number of aryl methyl sites for hydroxylation is 1. The Balaban J connectivity index is 1.32. The molecule has 1 fully saturated rings. The molecule has 1 aromatic heterocycles. The number of aromatic nitrogens is 1. The van der Waals surface area contributed by atoms with Crippen LogP contribution >= 0.6 is 11.6 Å². The molecule has 1 N–H and O–H groups in total. The highest BCUT2D eigenvalue weighted by atomic mass is 35.5. The van der Waals surface area contributed by atoms with Crippen LogP contribution in [0.2, 0.25) is 5.15 Å². The largest absolute Gasteiger partial charge is 0.457 e. The second-order valence-corrected chi connectivity index (χ2v) is 9.82.